The van der Waals surface area contributed by atoms with E-state index in [2.05, 4.69) is 20.4 Å². The molecule has 8 heteroatoms. The standard InChI is InChI=1S/C18H20F3N3O2/c1-13(16-6-8-22-9-7-16)24-17(25)23-10-14-2-4-15(5-3-14)11-26-12-18(19,20)21/h2-9,13H,10-12H2,1H3,(H2,23,24,25). The van der Waals surface area contributed by atoms with Crippen molar-refractivity contribution in [1.29, 1.82) is 0 Å². The van der Waals surface area contributed by atoms with Crippen molar-refractivity contribution < 1.29 is 22.7 Å². The number of benzene rings is 1. The minimum atomic E-state index is -4.33. The van der Waals surface area contributed by atoms with Crippen LogP contribution in [0.4, 0.5) is 18.0 Å². The molecule has 1 heterocycles. The Kier molecular flexibility index (Phi) is 6.97. The van der Waals surface area contributed by atoms with Crippen molar-refractivity contribution in [2.75, 3.05) is 6.61 Å². The van der Waals surface area contributed by atoms with E-state index < -0.39 is 12.8 Å². The minimum absolute atomic E-state index is 0.114. The Labute approximate surface area is 149 Å². The van der Waals surface area contributed by atoms with Gasteiger partial charge in [-0.05, 0) is 35.7 Å². The van der Waals surface area contributed by atoms with Gasteiger partial charge in [0, 0.05) is 18.9 Å². The first-order valence-electron chi connectivity index (χ1n) is 8.00. The third-order valence-corrected chi connectivity index (χ3v) is 3.56. The van der Waals surface area contributed by atoms with Crippen LogP contribution in [-0.4, -0.2) is 23.8 Å². The van der Waals surface area contributed by atoms with Crippen LogP contribution < -0.4 is 10.6 Å². The number of halogens is 3. The Hall–Kier alpha value is -2.61. The molecule has 0 saturated carbocycles. The maximum absolute atomic E-state index is 12.0. The van der Waals surface area contributed by atoms with Crippen LogP contribution in [0.5, 0.6) is 0 Å². The smallest absolute Gasteiger partial charge is 0.367 e. The van der Waals surface area contributed by atoms with Crippen LogP contribution in [0.15, 0.2) is 48.8 Å². The molecule has 2 N–H and O–H groups in total. The van der Waals surface area contributed by atoms with E-state index in [0.717, 1.165) is 11.1 Å². The normalized spacial score (nSPS) is 12.5. The van der Waals surface area contributed by atoms with Gasteiger partial charge in [-0.3, -0.25) is 4.98 Å². The van der Waals surface area contributed by atoms with E-state index in [-0.39, 0.29) is 18.7 Å². The van der Waals surface area contributed by atoms with E-state index in [4.69, 9.17) is 0 Å². The lowest BCUT2D eigenvalue weighted by atomic mass is 10.1. The third-order valence-electron chi connectivity index (χ3n) is 3.56. The zero-order valence-corrected chi connectivity index (χ0v) is 14.2. The van der Waals surface area contributed by atoms with Crippen LogP contribution in [0.3, 0.4) is 0 Å². The van der Waals surface area contributed by atoms with Crippen LogP contribution in [0.25, 0.3) is 0 Å². The molecule has 140 valence electrons. The molecule has 26 heavy (non-hydrogen) atoms. The second-order valence-corrected chi connectivity index (χ2v) is 5.75. The van der Waals surface area contributed by atoms with Gasteiger partial charge in [0.05, 0.1) is 12.6 Å². The first kappa shape index (κ1) is 19.7. The SMILES string of the molecule is CC(NC(=O)NCc1ccc(COCC(F)(F)F)cc1)c1ccncc1. The summed E-state index contributed by atoms with van der Waals surface area (Å²) in [5.41, 5.74) is 2.41. The van der Waals surface area contributed by atoms with E-state index >= 15 is 0 Å². The van der Waals surface area contributed by atoms with Gasteiger partial charge in [0.1, 0.15) is 6.61 Å². The van der Waals surface area contributed by atoms with Crippen LogP contribution in [0, 0.1) is 0 Å². The molecule has 2 rings (SSSR count). The van der Waals surface area contributed by atoms with E-state index in [0.29, 0.717) is 12.1 Å². The highest BCUT2D eigenvalue weighted by molar-refractivity contribution is 5.74. The number of amides is 2. The van der Waals surface area contributed by atoms with Gasteiger partial charge in [-0.15, -0.1) is 0 Å². The van der Waals surface area contributed by atoms with Gasteiger partial charge in [-0.25, -0.2) is 4.79 Å². The van der Waals surface area contributed by atoms with Crippen molar-refractivity contribution in [3.05, 3.63) is 65.5 Å². The van der Waals surface area contributed by atoms with Crippen molar-refractivity contribution in [2.45, 2.75) is 32.3 Å². The molecule has 1 unspecified atom stereocenters. The van der Waals surface area contributed by atoms with Gasteiger partial charge in [0.25, 0.3) is 0 Å². The van der Waals surface area contributed by atoms with Crippen molar-refractivity contribution in [3.8, 4) is 0 Å². The zero-order chi connectivity index (χ0) is 19.0. The summed E-state index contributed by atoms with van der Waals surface area (Å²) in [6.45, 7) is 0.784. The van der Waals surface area contributed by atoms with Crippen LogP contribution in [0.2, 0.25) is 0 Å². The quantitative estimate of drug-likeness (QED) is 0.784. The molecule has 0 aliphatic carbocycles. The largest absolute Gasteiger partial charge is 0.411 e. The molecular formula is C18H20F3N3O2. The summed E-state index contributed by atoms with van der Waals surface area (Å²) in [5.74, 6) is 0. The number of nitrogens with one attached hydrogen (secondary N) is 2. The van der Waals surface area contributed by atoms with Crippen molar-refractivity contribution in [3.63, 3.8) is 0 Å². The predicted molar refractivity (Wildman–Crippen MR) is 90.2 cm³/mol. The molecule has 0 saturated heterocycles. The maximum Gasteiger partial charge on any atom is 0.411 e. The topological polar surface area (TPSA) is 63.2 Å². The number of aromatic nitrogens is 1. The second kappa shape index (κ2) is 9.19. The molecule has 2 amide bonds. The summed E-state index contributed by atoms with van der Waals surface area (Å²) in [4.78, 5) is 15.9. The Morgan fingerprint density at radius 1 is 1.12 bits per heavy atom. The Balaban J connectivity index is 1.74. The number of alkyl halides is 3. The average molecular weight is 367 g/mol. The highest BCUT2D eigenvalue weighted by Gasteiger charge is 2.27. The van der Waals surface area contributed by atoms with E-state index in [9.17, 15) is 18.0 Å². The summed E-state index contributed by atoms with van der Waals surface area (Å²) in [6.07, 6.45) is -1.01. The first-order chi connectivity index (χ1) is 12.3. The van der Waals surface area contributed by atoms with Crippen molar-refractivity contribution in [1.82, 2.24) is 15.6 Å². The molecule has 0 fully saturated rings. The van der Waals surface area contributed by atoms with Crippen LogP contribution >= 0.6 is 0 Å². The fourth-order valence-corrected chi connectivity index (χ4v) is 2.20. The zero-order valence-electron chi connectivity index (χ0n) is 14.2. The molecule has 5 nitrogen and oxygen atoms in total. The molecule has 2 aromatic rings. The monoisotopic (exact) mass is 367 g/mol. The number of urea groups is 1. The fourth-order valence-electron chi connectivity index (χ4n) is 2.20. The van der Waals surface area contributed by atoms with Gasteiger partial charge in [0.2, 0.25) is 0 Å². The molecule has 1 aromatic heterocycles. The van der Waals surface area contributed by atoms with Gasteiger partial charge < -0.3 is 15.4 Å². The second-order valence-electron chi connectivity index (χ2n) is 5.75. The molecule has 1 atom stereocenters. The van der Waals surface area contributed by atoms with E-state index in [1.54, 1.807) is 36.7 Å². The average Bonchev–Trinajstić information content (AvgIpc) is 2.61. The van der Waals surface area contributed by atoms with E-state index in [1.807, 2.05) is 19.1 Å². The summed E-state index contributed by atoms with van der Waals surface area (Å²) in [5, 5.41) is 5.55. The summed E-state index contributed by atoms with van der Waals surface area (Å²) in [7, 11) is 0. The number of hydrogen-bond donors (Lipinski definition) is 2. The Bertz CT molecular complexity index is 691. The van der Waals surface area contributed by atoms with Crippen LogP contribution in [0.1, 0.15) is 29.7 Å². The Morgan fingerprint density at radius 3 is 2.35 bits per heavy atom. The lowest BCUT2D eigenvalue weighted by Crippen LogP contribution is -2.36. The number of ether oxygens (including phenoxy) is 1. The van der Waals surface area contributed by atoms with Gasteiger partial charge in [0.15, 0.2) is 0 Å². The lowest BCUT2D eigenvalue weighted by molar-refractivity contribution is -0.176. The lowest BCUT2D eigenvalue weighted by Gasteiger charge is -2.15. The molecule has 0 bridgehead atoms. The van der Waals surface area contributed by atoms with E-state index in [1.165, 1.54) is 0 Å². The number of rotatable bonds is 7. The number of carbonyl (C=O) groups excluding carboxylic acids is 1. The number of hydrogen-bond acceptors (Lipinski definition) is 3. The maximum atomic E-state index is 12.0. The molecule has 0 radical (unpaired) electrons. The number of carbonyl (C=O) groups is 1. The van der Waals surface area contributed by atoms with Crippen LogP contribution in [-0.2, 0) is 17.9 Å². The van der Waals surface area contributed by atoms with Crippen molar-refractivity contribution in [2.24, 2.45) is 0 Å². The Morgan fingerprint density at radius 2 is 1.73 bits per heavy atom. The highest BCUT2D eigenvalue weighted by atomic mass is 19.4. The first-order valence-corrected chi connectivity index (χ1v) is 8.00. The molecule has 0 aliphatic rings. The molecular weight excluding hydrogens is 347 g/mol. The van der Waals surface area contributed by atoms with Gasteiger partial charge in [-0.1, -0.05) is 24.3 Å². The summed E-state index contributed by atoms with van der Waals surface area (Å²) in [6, 6.07) is 9.99. The highest BCUT2D eigenvalue weighted by Crippen LogP contribution is 2.16. The summed E-state index contributed by atoms with van der Waals surface area (Å²) < 4.78 is 40.7. The molecule has 1 aromatic carbocycles. The summed E-state index contributed by atoms with van der Waals surface area (Å²) >= 11 is 0. The minimum Gasteiger partial charge on any atom is -0.367 e. The molecule has 0 spiro atoms. The number of nitrogens with zero attached hydrogens (tertiary/aromatic N) is 1. The molecule has 0 aliphatic heterocycles. The third kappa shape index (κ3) is 7.10. The van der Waals surface area contributed by atoms with Crippen molar-refractivity contribution >= 4 is 6.03 Å². The fraction of sp³-hybridized carbons (Fsp3) is 0.333. The van der Waals surface area contributed by atoms with Gasteiger partial charge >= 0.3 is 12.2 Å². The predicted octanol–water partition coefficient (Wildman–Crippen LogP) is 3.72. The number of pyridine rings is 1. The van der Waals surface area contributed by atoms with Gasteiger partial charge in [-0.2, -0.15) is 13.2 Å².